The van der Waals surface area contributed by atoms with E-state index in [1.807, 2.05) is 6.07 Å². The van der Waals surface area contributed by atoms with Crippen LogP contribution in [0.15, 0.2) is 42.1 Å². The Balaban J connectivity index is 2.40. The maximum atomic E-state index is 11.0. The lowest BCUT2D eigenvalue weighted by Crippen LogP contribution is -2.09. The van der Waals surface area contributed by atoms with Gasteiger partial charge in [-0.25, -0.2) is 4.98 Å². The van der Waals surface area contributed by atoms with Gasteiger partial charge >= 0.3 is 5.69 Å². The summed E-state index contributed by atoms with van der Waals surface area (Å²) in [4.78, 5) is 14.3. The summed E-state index contributed by atoms with van der Waals surface area (Å²) in [5.41, 5.74) is 5.93. The molecule has 0 fully saturated rings. The van der Waals surface area contributed by atoms with Gasteiger partial charge in [0.05, 0.1) is 17.6 Å². The summed E-state index contributed by atoms with van der Waals surface area (Å²) in [5, 5.41) is 20.0. The molecule has 8 nitrogen and oxygen atoms in total. The van der Waals surface area contributed by atoms with E-state index < -0.39 is 4.92 Å². The number of methoxy groups -OCH3 is 1. The molecular weight excluding hydrogens is 344 g/mol. The predicted octanol–water partition coefficient (Wildman–Crippen LogP) is 2.98. The fraction of sp³-hybridized carbons (Fsp3) is 0.0625. The van der Waals surface area contributed by atoms with Gasteiger partial charge in [-0.1, -0.05) is 18.3 Å². The number of hydrogen-bond acceptors (Lipinski definition) is 7. The molecule has 0 atom stereocenters. The Hall–Kier alpha value is -3.51. The number of aromatic nitrogens is 1. The Kier molecular flexibility index (Phi) is 5.60. The number of nitrogens with two attached hydrogens (primary N) is 1. The summed E-state index contributed by atoms with van der Waals surface area (Å²) in [7, 11) is 1.42. The molecule has 0 spiro atoms. The molecule has 1 aromatic carbocycles. The lowest BCUT2D eigenvalue weighted by molar-refractivity contribution is -0.386. The van der Waals surface area contributed by atoms with Gasteiger partial charge in [-0.3, -0.25) is 10.1 Å². The van der Waals surface area contributed by atoms with E-state index in [1.54, 1.807) is 12.1 Å². The largest absolute Gasteiger partial charge is 0.493 e. The normalized spacial score (nSPS) is 10.6. The fourth-order valence-electron chi connectivity index (χ4n) is 1.89. The molecule has 0 unspecified atom stereocenters. The lowest BCUT2D eigenvalue weighted by atomic mass is 10.1. The van der Waals surface area contributed by atoms with Crippen LogP contribution in [0.1, 0.15) is 5.56 Å². The molecule has 0 aliphatic heterocycles. The van der Waals surface area contributed by atoms with Gasteiger partial charge in [-0.2, -0.15) is 5.26 Å². The monoisotopic (exact) mass is 356 g/mol. The quantitative estimate of drug-likeness (QED) is 0.275. The number of nitriles is 1. The van der Waals surface area contributed by atoms with Crippen LogP contribution < -0.4 is 15.2 Å². The first kappa shape index (κ1) is 17.8. The van der Waals surface area contributed by atoms with Crippen LogP contribution in [-0.4, -0.2) is 22.0 Å². The van der Waals surface area contributed by atoms with Crippen molar-refractivity contribution in [2.45, 2.75) is 0 Å². The molecule has 126 valence electrons. The summed E-state index contributed by atoms with van der Waals surface area (Å²) in [6, 6.07) is 9.37. The van der Waals surface area contributed by atoms with Crippen LogP contribution in [0, 0.1) is 21.4 Å². The first-order chi connectivity index (χ1) is 12.0. The predicted molar refractivity (Wildman–Crippen MR) is 94.3 cm³/mol. The van der Waals surface area contributed by atoms with Gasteiger partial charge in [0.1, 0.15) is 11.1 Å². The molecule has 0 aliphatic rings. The first-order valence-corrected chi connectivity index (χ1v) is 7.24. The zero-order valence-corrected chi connectivity index (χ0v) is 13.8. The van der Waals surface area contributed by atoms with Crippen LogP contribution in [0.3, 0.4) is 0 Å². The molecule has 0 radical (unpaired) electrons. The maximum absolute atomic E-state index is 11.0. The Morgan fingerprint density at radius 1 is 1.44 bits per heavy atom. The van der Waals surface area contributed by atoms with Crippen LogP contribution in [-0.2, 0) is 0 Å². The standard InChI is InChI=1S/C16H12N4O4S/c1-23-14-8-10(7-11(9-17)15(18)25)4-5-13(14)24-16-12(20(21)22)3-2-6-19-16/h2-8H,1H3,(H2,18,25). The number of nitrogens with zero attached hydrogens (tertiary/aromatic N) is 3. The number of ether oxygens (including phenoxy) is 2. The van der Waals surface area contributed by atoms with E-state index in [4.69, 9.17) is 32.7 Å². The summed E-state index contributed by atoms with van der Waals surface area (Å²) < 4.78 is 10.7. The minimum atomic E-state index is -0.590. The number of hydrogen-bond donors (Lipinski definition) is 1. The van der Waals surface area contributed by atoms with Gasteiger partial charge in [0.15, 0.2) is 11.5 Å². The third kappa shape index (κ3) is 4.27. The van der Waals surface area contributed by atoms with E-state index in [-0.39, 0.29) is 27.9 Å². The third-order valence-corrected chi connectivity index (χ3v) is 3.26. The van der Waals surface area contributed by atoms with E-state index >= 15 is 0 Å². The molecule has 2 rings (SSSR count). The molecule has 0 amide bonds. The zero-order valence-electron chi connectivity index (χ0n) is 13.0. The van der Waals surface area contributed by atoms with Crippen molar-refractivity contribution in [3.8, 4) is 23.4 Å². The lowest BCUT2D eigenvalue weighted by Gasteiger charge is -2.10. The third-order valence-electron chi connectivity index (χ3n) is 3.04. The molecule has 2 aromatic rings. The highest BCUT2D eigenvalue weighted by Gasteiger charge is 2.18. The van der Waals surface area contributed by atoms with Crippen LogP contribution in [0.5, 0.6) is 17.4 Å². The van der Waals surface area contributed by atoms with E-state index in [0.717, 1.165) is 0 Å². The van der Waals surface area contributed by atoms with Gasteiger partial charge in [0.25, 0.3) is 5.88 Å². The number of nitro groups is 1. The Labute approximate surface area is 148 Å². The van der Waals surface area contributed by atoms with Crippen LogP contribution in [0.25, 0.3) is 6.08 Å². The van der Waals surface area contributed by atoms with Crippen molar-refractivity contribution in [1.29, 1.82) is 5.26 Å². The molecule has 0 saturated carbocycles. The molecule has 0 saturated heterocycles. The fourth-order valence-corrected chi connectivity index (χ4v) is 1.99. The van der Waals surface area contributed by atoms with E-state index in [1.165, 1.54) is 37.6 Å². The Morgan fingerprint density at radius 3 is 2.80 bits per heavy atom. The Morgan fingerprint density at radius 2 is 2.20 bits per heavy atom. The van der Waals surface area contributed by atoms with Crippen LogP contribution >= 0.6 is 12.2 Å². The van der Waals surface area contributed by atoms with Crippen molar-refractivity contribution in [2.24, 2.45) is 5.73 Å². The van der Waals surface area contributed by atoms with Gasteiger partial charge in [0.2, 0.25) is 0 Å². The second-order valence-corrected chi connectivity index (χ2v) is 5.07. The van der Waals surface area contributed by atoms with Gasteiger partial charge < -0.3 is 15.2 Å². The average Bonchev–Trinajstić information content (AvgIpc) is 2.60. The minimum Gasteiger partial charge on any atom is -0.493 e. The molecule has 25 heavy (non-hydrogen) atoms. The van der Waals surface area contributed by atoms with Crippen molar-refractivity contribution in [1.82, 2.24) is 4.98 Å². The zero-order chi connectivity index (χ0) is 18.4. The van der Waals surface area contributed by atoms with Gasteiger partial charge in [-0.15, -0.1) is 0 Å². The number of pyridine rings is 1. The Bertz CT molecular complexity index is 905. The van der Waals surface area contributed by atoms with E-state index in [0.29, 0.717) is 11.3 Å². The second kappa shape index (κ2) is 7.85. The molecule has 2 N–H and O–H groups in total. The number of benzene rings is 1. The molecule has 1 aromatic heterocycles. The van der Waals surface area contributed by atoms with Crippen LogP contribution in [0.2, 0.25) is 0 Å². The smallest absolute Gasteiger partial charge is 0.331 e. The van der Waals surface area contributed by atoms with Gasteiger partial charge in [0, 0.05) is 12.3 Å². The van der Waals surface area contributed by atoms with Crippen molar-refractivity contribution in [3.63, 3.8) is 0 Å². The van der Waals surface area contributed by atoms with E-state index in [2.05, 4.69) is 4.98 Å². The highest BCUT2D eigenvalue weighted by Crippen LogP contribution is 2.35. The molecular formula is C16H12N4O4S. The summed E-state index contributed by atoms with van der Waals surface area (Å²) in [5.74, 6) is 0.374. The number of rotatable bonds is 6. The summed E-state index contributed by atoms with van der Waals surface area (Å²) in [6.07, 6.45) is 2.88. The van der Waals surface area contributed by atoms with Gasteiger partial charge in [-0.05, 0) is 29.8 Å². The molecule has 0 bridgehead atoms. The average molecular weight is 356 g/mol. The van der Waals surface area contributed by atoms with Crippen molar-refractivity contribution in [2.75, 3.05) is 7.11 Å². The highest BCUT2D eigenvalue weighted by atomic mass is 32.1. The number of thiocarbonyl (C=S) groups is 1. The summed E-state index contributed by atoms with van der Waals surface area (Å²) in [6.45, 7) is 0. The van der Waals surface area contributed by atoms with Crippen molar-refractivity contribution in [3.05, 3.63) is 57.8 Å². The summed E-state index contributed by atoms with van der Waals surface area (Å²) >= 11 is 4.79. The molecule has 1 heterocycles. The molecule has 9 heteroatoms. The van der Waals surface area contributed by atoms with Crippen molar-refractivity contribution >= 4 is 29.0 Å². The SMILES string of the molecule is COc1cc(C=C(C#N)C(N)=S)ccc1Oc1ncccc1[N+](=O)[O-]. The maximum Gasteiger partial charge on any atom is 0.331 e. The van der Waals surface area contributed by atoms with E-state index in [9.17, 15) is 10.1 Å². The highest BCUT2D eigenvalue weighted by molar-refractivity contribution is 7.80. The van der Waals surface area contributed by atoms with Crippen LogP contribution in [0.4, 0.5) is 5.69 Å². The second-order valence-electron chi connectivity index (χ2n) is 4.63. The topological polar surface area (TPSA) is 124 Å². The molecule has 0 aliphatic carbocycles. The van der Waals surface area contributed by atoms with Crippen molar-refractivity contribution < 1.29 is 14.4 Å². The minimum absolute atomic E-state index is 0.0223. The first-order valence-electron chi connectivity index (χ1n) is 6.83.